The predicted molar refractivity (Wildman–Crippen MR) is 295 cm³/mol. The first-order valence-corrected chi connectivity index (χ1v) is 27.2. The van der Waals surface area contributed by atoms with E-state index in [1.165, 1.54) is 0 Å². The maximum Gasteiger partial charge on any atom is 0.338 e. The Labute approximate surface area is 475 Å². The van der Waals surface area contributed by atoms with Gasteiger partial charge >= 0.3 is 23.9 Å². The second kappa shape index (κ2) is 28.7. The van der Waals surface area contributed by atoms with Crippen molar-refractivity contribution < 1.29 is 76.4 Å². The van der Waals surface area contributed by atoms with Crippen LogP contribution in [-0.4, -0.2) is 128 Å². The summed E-state index contributed by atoms with van der Waals surface area (Å²) in [5.74, 6) is -2.93. The fourth-order valence-electron chi connectivity index (χ4n) is 9.79. The zero-order chi connectivity index (χ0) is 56.5. The van der Waals surface area contributed by atoms with Crippen molar-refractivity contribution in [1.82, 2.24) is 4.90 Å². The van der Waals surface area contributed by atoms with E-state index in [1.54, 1.807) is 91.0 Å². The van der Waals surface area contributed by atoms with E-state index >= 15 is 0 Å². The van der Waals surface area contributed by atoms with Gasteiger partial charge in [-0.2, -0.15) is 0 Å². The number of hydrogen-bond donors (Lipinski definition) is 1. The first-order chi connectivity index (χ1) is 40.2. The molecule has 0 aliphatic carbocycles. The molecular weight excluding hydrogens is 1050 g/mol. The van der Waals surface area contributed by atoms with Gasteiger partial charge in [0.05, 0.1) is 49.7 Å². The molecule has 17 heteroatoms. The number of rotatable bonds is 23. The fourth-order valence-corrected chi connectivity index (χ4v) is 9.79. The maximum atomic E-state index is 14.6. The van der Waals surface area contributed by atoms with Crippen molar-refractivity contribution in [2.75, 3.05) is 32.9 Å². The molecule has 0 aromatic heterocycles. The minimum atomic E-state index is -1.65. The van der Waals surface area contributed by atoms with Crippen LogP contribution < -0.4 is 0 Å². The number of aliphatic hydroxyl groups excluding tert-OH is 1. The van der Waals surface area contributed by atoms with E-state index in [1.807, 2.05) is 126 Å². The van der Waals surface area contributed by atoms with Crippen LogP contribution in [0.2, 0.25) is 0 Å². The molecule has 3 aliphatic heterocycles. The van der Waals surface area contributed by atoms with Gasteiger partial charge in [0.1, 0.15) is 37.1 Å². The van der Waals surface area contributed by atoms with E-state index in [2.05, 4.69) is 0 Å². The third-order valence-electron chi connectivity index (χ3n) is 13.9. The highest BCUT2D eigenvalue weighted by Gasteiger charge is 2.57. The molecule has 424 valence electrons. The van der Waals surface area contributed by atoms with E-state index in [0.29, 0.717) is 12.1 Å². The Morgan fingerprint density at radius 1 is 0.512 bits per heavy atom. The Morgan fingerprint density at radius 3 is 1.56 bits per heavy atom. The molecule has 0 amide bonds. The average Bonchev–Trinajstić information content (AvgIpc) is 3.39. The molecule has 1 N–H and O–H groups in total. The lowest BCUT2D eigenvalue weighted by molar-refractivity contribution is -0.384. The molecule has 0 radical (unpaired) electrons. The topological polar surface area (TPSA) is 193 Å². The fraction of sp³-hybridized carbons (Fsp3) is 0.292. The highest BCUT2D eigenvalue weighted by molar-refractivity contribution is 5.91. The number of nitrogens with zero attached hydrogens (tertiary/aromatic N) is 1. The molecule has 10 rings (SSSR count). The lowest BCUT2D eigenvalue weighted by Gasteiger charge is -2.50. The standard InChI is InChI=1S/C65H63NO16/c67-53(74-41-46-26-12-3-13-27-46)39-66(38-44-22-8-1-9-23-44)36-37-73-64-59(80-62(71)49-32-18-6-19-33-49)58(79-61(70)48-30-16-5-17-31-48)56(51(76-64)42-72-40-45-24-10-2-11-25-45)82-65-57(78-60(69)47-28-14-4-15-29-47)54(68)55-52(77-65)43-75-63(81-55)50-34-20-7-21-35-50/h1-35,51-52,54-59,63-65,68H,36-43H2/t51?,52?,54?,55-,56-,57?,58?,59?,63?,64-,65+/m1/s1. The Kier molecular flexibility index (Phi) is 20.0. The maximum absolute atomic E-state index is 14.6. The molecule has 0 bridgehead atoms. The van der Waals surface area contributed by atoms with Crippen LogP contribution in [-0.2, 0) is 76.7 Å². The smallest absolute Gasteiger partial charge is 0.338 e. The summed E-state index contributed by atoms with van der Waals surface area (Å²) in [6.07, 6.45) is -15.3. The van der Waals surface area contributed by atoms with Crippen LogP contribution in [0, 0.1) is 0 Å². The van der Waals surface area contributed by atoms with Gasteiger partial charge in [-0.3, -0.25) is 9.69 Å². The molecule has 3 saturated heterocycles. The van der Waals surface area contributed by atoms with Crippen LogP contribution in [0.1, 0.15) is 59.6 Å². The van der Waals surface area contributed by atoms with Crippen LogP contribution in [0.15, 0.2) is 212 Å². The van der Waals surface area contributed by atoms with Gasteiger partial charge in [0, 0.05) is 18.7 Å². The first kappa shape index (κ1) is 57.3. The van der Waals surface area contributed by atoms with Crippen molar-refractivity contribution in [2.24, 2.45) is 0 Å². The number of aliphatic hydroxyl groups is 1. The highest BCUT2D eigenvalue weighted by Crippen LogP contribution is 2.39. The number of carbonyl (C=O) groups excluding carboxylic acids is 4. The SMILES string of the molecule is O=C(CN(CCO[C@@H]1OC(COCc2ccccc2)[C@@H](O[C@@H]2OC3COC(c4ccccc4)O[C@H]3C(O)C2OC(=O)c2ccccc2)C(OC(=O)c2ccccc2)C1OC(=O)c1ccccc1)Cc1ccccc1)OCc1ccccc1. The molecule has 11 atom stereocenters. The van der Waals surface area contributed by atoms with Gasteiger partial charge in [0.25, 0.3) is 0 Å². The van der Waals surface area contributed by atoms with Gasteiger partial charge in [0.15, 0.2) is 37.2 Å². The zero-order valence-corrected chi connectivity index (χ0v) is 44.7. The summed E-state index contributed by atoms with van der Waals surface area (Å²) in [7, 11) is 0. The normalized spacial score (nSPS) is 24.1. The number of esters is 4. The first-order valence-electron chi connectivity index (χ1n) is 27.2. The third-order valence-corrected chi connectivity index (χ3v) is 13.9. The van der Waals surface area contributed by atoms with Gasteiger partial charge < -0.3 is 57.2 Å². The van der Waals surface area contributed by atoms with Crippen molar-refractivity contribution in [1.29, 1.82) is 0 Å². The second-order valence-electron chi connectivity index (χ2n) is 19.8. The number of carbonyl (C=O) groups is 4. The van der Waals surface area contributed by atoms with Gasteiger partial charge in [-0.15, -0.1) is 0 Å². The molecule has 7 unspecified atom stereocenters. The Bertz CT molecular complexity index is 3090. The number of hydrogen-bond acceptors (Lipinski definition) is 17. The van der Waals surface area contributed by atoms with E-state index < -0.39 is 91.6 Å². The molecule has 7 aromatic rings. The quantitative estimate of drug-likeness (QED) is 0.0473. The monoisotopic (exact) mass is 1110 g/mol. The van der Waals surface area contributed by atoms with Crippen LogP contribution in [0.3, 0.4) is 0 Å². The van der Waals surface area contributed by atoms with Crippen LogP contribution in [0.4, 0.5) is 0 Å². The molecule has 0 saturated carbocycles. The van der Waals surface area contributed by atoms with Crippen LogP contribution in [0.5, 0.6) is 0 Å². The zero-order valence-electron chi connectivity index (χ0n) is 44.7. The summed E-state index contributed by atoms with van der Waals surface area (Å²) in [5, 5.41) is 12.4. The predicted octanol–water partition coefficient (Wildman–Crippen LogP) is 8.45. The molecule has 0 spiro atoms. The van der Waals surface area contributed by atoms with Crippen LogP contribution >= 0.6 is 0 Å². The molecule has 3 heterocycles. The van der Waals surface area contributed by atoms with Crippen LogP contribution in [0.25, 0.3) is 0 Å². The average molecular weight is 1110 g/mol. The van der Waals surface area contributed by atoms with Gasteiger partial charge in [-0.05, 0) is 53.1 Å². The Balaban J connectivity index is 0.998. The van der Waals surface area contributed by atoms with Gasteiger partial charge in [-0.1, -0.05) is 176 Å². The summed E-state index contributed by atoms with van der Waals surface area (Å²) in [4.78, 5) is 58.4. The van der Waals surface area contributed by atoms with Crippen molar-refractivity contribution in [3.05, 3.63) is 251 Å². The van der Waals surface area contributed by atoms with Crippen molar-refractivity contribution >= 4 is 23.9 Å². The molecule has 3 fully saturated rings. The molecule has 82 heavy (non-hydrogen) atoms. The highest BCUT2D eigenvalue weighted by atomic mass is 16.8. The number of ether oxygens (including phenoxy) is 11. The van der Waals surface area contributed by atoms with E-state index in [-0.39, 0.29) is 62.8 Å². The van der Waals surface area contributed by atoms with Gasteiger partial charge in [-0.25, -0.2) is 14.4 Å². The van der Waals surface area contributed by atoms with E-state index in [0.717, 1.165) is 16.7 Å². The number of fused-ring (bicyclic) bond motifs is 1. The van der Waals surface area contributed by atoms with E-state index in [9.17, 15) is 24.3 Å². The number of benzene rings is 7. The largest absolute Gasteiger partial charge is 0.460 e. The summed E-state index contributed by atoms with van der Waals surface area (Å²) in [6, 6.07) is 62.1. The minimum Gasteiger partial charge on any atom is -0.460 e. The van der Waals surface area contributed by atoms with Gasteiger partial charge in [0.2, 0.25) is 0 Å². The summed E-state index contributed by atoms with van der Waals surface area (Å²) < 4.78 is 70.9. The minimum absolute atomic E-state index is 0.0817. The lowest BCUT2D eigenvalue weighted by atomic mass is 9.95. The Hall–Kier alpha value is -7.94. The van der Waals surface area contributed by atoms with E-state index in [4.69, 9.17) is 52.1 Å². The molecule has 3 aliphatic rings. The third kappa shape index (κ3) is 15.3. The van der Waals surface area contributed by atoms with Crippen molar-refractivity contribution in [3.8, 4) is 0 Å². The second-order valence-corrected chi connectivity index (χ2v) is 19.8. The Morgan fingerprint density at radius 2 is 1.00 bits per heavy atom. The molecular formula is C65H63NO16. The lowest BCUT2D eigenvalue weighted by Crippen LogP contribution is -2.67. The molecule has 17 nitrogen and oxygen atoms in total. The van der Waals surface area contributed by atoms with Crippen molar-refractivity contribution in [3.63, 3.8) is 0 Å². The molecule has 7 aromatic carbocycles. The summed E-state index contributed by atoms with van der Waals surface area (Å²) in [6.45, 7) is 0.0967. The van der Waals surface area contributed by atoms with Crippen molar-refractivity contribution in [2.45, 2.75) is 87.5 Å². The summed E-state index contributed by atoms with van der Waals surface area (Å²) >= 11 is 0. The summed E-state index contributed by atoms with van der Waals surface area (Å²) in [5.41, 5.74) is 3.75.